The summed E-state index contributed by atoms with van der Waals surface area (Å²) in [6.07, 6.45) is 2.15. The largest absolute Gasteiger partial charge is 0.381 e. The first-order valence-electron chi connectivity index (χ1n) is 4.63. The van der Waals surface area contributed by atoms with Gasteiger partial charge in [0.25, 0.3) is 0 Å². The maximum Gasteiger partial charge on any atom is 0.112 e. The minimum atomic E-state index is -1.08. The number of alkyl halides is 1. The van der Waals surface area contributed by atoms with E-state index in [0.29, 0.717) is 26.2 Å². The summed E-state index contributed by atoms with van der Waals surface area (Å²) in [6.45, 7) is 3.50. The molecule has 1 rings (SSSR count). The fraction of sp³-hybridized carbons (Fsp3) is 1.00. The van der Waals surface area contributed by atoms with Gasteiger partial charge in [0.05, 0.1) is 0 Å². The molecule has 2 nitrogen and oxygen atoms in total. The summed E-state index contributed by atoms with van der Waals surface area (Å²) >= 11 is 0. The van der Waals surface area contributed by atoms with E-state index in [1.165, 1.54) is 0 Å². The first-order valence-corrected chi connectivity index (χ1v) is 4.63. The summed E-state index contributed by atoms with van der Waals surface area (Å²) in [6, 6.07) is 0. The van der Waals surface area contributed by atoms with Crippen LogP contribution in [-0.2, 0) is 4.74 Å². The summed E-state index contributed by atoms with van der Waals surface area (Å²) in [7, 11) is 0. The third-order valence-corrected chi connectivity index (χ3v) is 2.71. The molecular weight excluding hydrogens is 157 g/mol. The fourth-order valence-corrected chi connectivity index (χ4v) is 1.79. The van der Waals surface area contributed by atoms with Gasteiger partial charge < -0.3 is 10.5 Å². The Morgan fingerprint density at radius 2 is 2.08 bits per heavy atom. The van der Waals surface area contributed by atoms with Crippen LogP contribution >= 0.6 is 0 Å². The Morgan fingerprint density at radius 1 is 1.50 bits per heavy atom. The molecule has 1 unspecified atom stereocenters. The van der Waals surface area contributed by atoms with Gasteiger partial charge in [-0.2, -0.15) is 0 Å². The lowest BCUT2D eigenvalue weighted by Gasteiger charge is -2.33. The van der Waals surface area contributed by atoms with E-state index in [1.54, 1.807) is 6.92 Å². The van der Waals surface area contributed by atoms with Gasteiger partial charge in [0.2, 0.25) is 0 Å². The standard InChI is InChI=1S/C9H18FNO/c1-9(10,4-5-11)8-2-6-12-7-3-8/h8H,2-7,11H2,1H3. The Bertz CT molecular complexity index is 132. The van der Waals surface area contributed by atoms with Crippen LogP contribution in [0, 0.1) is 5.92 Å². The number of hydrogen-bond acceptors (Lipinski definition) is 2. The minimum Gasteiger partial charge on any atom is -0.381 e. The van der Waals surface area contributed by atoms with E-state index >= 15 is 0 Å². The van der Waals surface area contributed by atoms with Crippen LogP contribution in [0.2, 0.25) is 0 Å². The van der Waals surface area contributed by atoms with Crippen molar-refractivity contribution in [2.45, 2.75) is 31.9 Å². The van der Waals surface area contributed by atoms with Crippen molar-refractivity contribution >= 4 is 0 Å². The summed E-state index contributed by atoms with van der Waals surface area (Å²) in [4.78, 5) is 0. The summed E-state index contributed by atoms with van der Waals surface area (Å²) in [5, 5.41) is 0. The van der Waals surface area contributed by atoms with Gasteiger partial charge in [-0.1, -0.05) is 0 Å². The second kappa shape index (κ2) is 4.19. The van der Waals surface area contributed by atoms with Gasteiger partial charge >= 0.3 is 0 Å². The molecule has 1 fully saturated rings. The Morgan fingerprint density at radius 3 is 2.58 bits per heavy atom. The molecule has 72 valence electrons. The molecule has 3 heteroatoms. The number of halogens is 1. The molecule has 0 spiro atoms. The molecular formula is C9H18FNO. The van der Waals surface area contributed by atoms with Crippen LogP contribution < -0.4 is 5.73 Å². The zero-order valence-electron chi connectivity index (χ0n) is 7.68. The molecule has 0 aliphatic carbocycles. The Hall–Kier alpha value is -0.150. The number of nitrogens with two attached hydrogens (primary N) is 1. The molecule has 0 bridgehead atoms. The summed E-state index contributed by atoms with van der Waals surface area (Å²) in [5.41, 5.74) is 4.27. The average molecular weight is 175 g/mol. The second-order valence-electron chi connectivity index (χ2n) is 3.70. The van der Waals surface area contributed by atoms with Crippen LogP contribution in [0.15, 0.2) is 0 Å². The van der Waals surface area contributed by atoms with E-state index in [0.717, 1.165) is 12.8 Å². The van der Waals surface area contributed by atoms with Crippen LogP contribution in [0.3, 0.4) is 0 Å². The van der Waals surface area contributed by atoms with Crippen LogP contribution in [0.4, 0.5) is 4.39 Å². The Kier molecular flexibility index (Phi) is 3.47. The lowest BCUT2D eigenvalue weighted by atomic mass is 9.82. The molecule has 0 radical (unpaired) electrons. The normalized spacial score (nSPS) is 25.2. The van der Waals surface area contributed by atoms with Gasteiger partial charge in [-0.25, -0.2) is 4.39 Å². The van der Waals surface area contributed by atoms with Crippen molar-refractivity contribution < 1.29 is 9.13 Å². The van der Waals surface area contributed by atoms with E-state index in [-0.39, 0.29) is 5.92 Å². The zero-order chi connectivity index (χ0) is 9.03. The van der Waals surface area contributed by atoms with Gasteiger partial charge in [-0.15, -0.1) is 0 Å². The van der Waals surface area contributed by atoms with Crippen molar-refractivity contribution in [3.63, 3.8) is 0 Å². The maximum atomic E-state index is 13.8. The van der Waals surface area contributed by atoms with Crippen molar-refractivity contribution in [1.82, 2.24) is 0 Å². The maximum absolute atomic E-state index is 13.8. The molecule has 0 aromatic carbocycles. The lowest BCUT2D eigenvalue weighted by Crippen LogP contribution is -2.36. The highest BCUT2D eigenvalue weighted by atomic mass is 19.1. The molecule has 0 aromatic rings. The first kappa shape index (κ1) is 9.93. The number of ether oxygens (including phenoxy) is 1. The molecule has 1 aliphatic rings. The quantitative estimate of drug-likeness (QED) is 0.705. The highest BCUT2D eigenvalue weighted by molar-refractivity contribution is 4.84. The van der Waals surface area contributed by atoms with Crippen molar-refractivity contribution in [1.29, 1.82) is 0 Å². The van der Waals surface area contributed by atoms with Crippen molar-refractivity contribution in [3.05, 3.63) is 0 Å². The summed E-state index contributed by atoms with van der Waals surface area (Å²) in [5.74, 6) is 0.148. The van der Waals surface area contributed by atoms with E-state index in [1.807, 2.05) is 0 Å². The van der Waals surface area contributed by atoms with Crippen LogP contribution in [0.5, 0.6) is 0 Å². The topological polar surface area (TPSA) is 35.2 Å². The molecule has 1 heterocycles. The molecule has 2 N–H and O–H groups in total. The first-order chi connectivity index (χ1) is 5.67. The number of rotatable bonds is 3. The van der Waals surface area contributed by atoms with Crippen molar-refractivity contribution in [2.75, 3.05) is 19.8 Å². The molecule has 1 atom stereocenters. The van der Waals surface area contributed by atoms with E-state index < -0.39 is 5.67 Å². The van der Waals surface area contributed by atoms with Crippen LogP contribution in [0.1, 0.15) is 26.2 Å². The van der Waals surface area contributed by atoms with Gasteiger partial charge in [0.15, 0.2) is 0 Å². The van der Waals surface area contributed by atoms with Gasteiger partial charge in [0, 0.05) is 13.2 Å². The van der Waals surface area contributed by atoms with E-state index in [9.17, 15) is 4.39 Å². The predicted octanol–water partition coefficient (Wildman–Crippen LogP) is 1.49. The Balaban J connectivity index is 2.41. The predicted molar refractivity (Wildman–Crippen MR) is 46.7 cm³/mol. The summed E-state index contributed by atoms with van der Waals surface area (Å²) < 4.78 is 19.0. The van der Waals surface area contributed by atoms with Gasteiger partial charge in [0.1, 0.15) is 5.67 Å². The van der Waals surface area contributed by atoms with Crippen LogP contribution in [0.25, 0.3) is 0 Å². The molecule has 12 heavy (non-hydrogen) atoms. The third kappa shape index (κ3) is 2.42. The van der Waals surface area contributed by atoms with E-state index in [4.69, 9.17) is 10.5 Å². The Labute approximate surface area is 73.3 Å². The highest BCUT2D eigenvalue weighted by Crippen LogP contribution is 2.32. The van der Waals surface area contributed by atoms with Gasteiger partial charge in [-0.3, -0.25) is 0 Å². The van der Waals surface area contributed by atoms with Gasteiger partial charge in [-0.05, 0) is 38.6 Å². The SMILES string of the molecule is CC(F)(CCN)C1CCOCC1. The second-order valence-corrected chi connectivity index (χ2v) is 3.70. The van der Waals surface area contributed by atoms with E-state index in [2.05, 4.69) is 0 Å². The lowest BCUT2D eigenvalue weighted by molar-refractivity contribution is -0.00533. The zero-order valence-corrected chi connectivity index (χ0v) is 7.68. The fourth-order valence-electron chi connectivity index (χ4n) is 1.79. The van der Waals surface area contributed by atoms with Crippen molar-refractivity contribution in [3.8, 4) is 0 Å². The monoisotopic (exact) mass is 175 g/mol. The third-order valence-electron chi connectivity index (χ3n) is 2.71. The molecule has 1 saturated heterocycles. The average Bonchev–Trinajstić information content (AvgIpc) is 2.06. The molecule has 0 saturated carbocycles. The highest BCUT2D eigenvalue weighted by Gasteiger charge is 2.34. The van der Waals surface area contributed by atoms with Crippen molar-refractivity contribution in [2.24, 2.45) is 11.7 Å². The number of hydrogen-bond donors (Lipinski definition) is 1. The minimum absolute atomic E-state index is 0.148. The smallest absolute Gasteiger partial charge is 0.112 e. The molecule has 1 aliphatic heterocycles. The molecule has 0 amide bonds. The van der Waals surface area contributed by atoms with Crippen LogP contribution in [-0.4, -0.2) is 25.4 Å². The molecule has 0 aromatic heterocycles.